The molecule has 0 bridgehead atoms. The quantitative estimate of drug-likeness (QED) is 0.531. The maximum Gasteiger partial charge on any atom is 0.330 e. The van der Waals surface area contributed by atoms with Crippen LogP contribution >= 0.6 is 11.3 Å². The molecule has 1 aromatic carbocycles. The van der Waals surface area contributed by atoms with Gasteiger partial charge in [-0.15, -0.1) is 11.3 Å². The largest absolute Gasteiger partial charge is 0.383 e. The fraction of sp³-hybridized carbons (Fsp3) is 0.391. The molecular formula is C23H27N5O3S. The highest BCUT2D eigenvalue weighted by atomic mass is 32.1. The van der Waals surface area contributed by atoms with Crippen molar-refractivity contribution in [1.82, 2.24) is 14.5 Å². The fourth-order valence-electron chi connectivity index (χ4n) is 4.17. The fourth-order valence-corrected chi connectivity index (χ4v) is 5.04. The van der Waals surface area contributed by atoms with Gasteiger partial charge in [0.2, 0.25) is 0 Å². The van der Waals surface area contributed by atoms with Crippen molar-refractivity contribution in [3.8, 4) is 0 Å². The van der Waals surface area contributed by atoms with E-state index >= 15 is 0 Å². The smallest absolute Gasteiger partial charge is 0.330 e. The zero-order chi connectivity index (χ0) is 22.7. The number of nitrogens with zero attached hydrogens (tertiary/aromatic N) is 3. The number of benzene rings is 1. The molecule has 32 heavy (non-hydrogen) atoms. The summed E-state index contributed by atoms with van der Waals surface area (Å²) >= 11 is 1.49. The first-order valence-corrected chi connectivity index (χ1v) is 11.8. The lowest BCUT2D eigenvalue weighted by Crippen LogP contribution is -2.45. The third kappa shape index (κ3) is 4.38. The van der Waals surface area contributed by atoms with E-state index in [2.05, 4.69) is 9.97 Å². The van der Waals surface area contributed by atoms with Crippen LogP contribution in [0, 0.1) is 0 Å². The Morgan fingerprint density at radius 3 is 2.78 bits per heavy atom. The molecule has 0 aliphatic heterocycles. The number of para-hydroxylation sites is 1. The van der Waals surface area contributed by atoms with E-state index in [9.17, 15) is 14.4 Å². The number of nitrogens with one attached hydrogen (secondary N) is 1. The molecule has 0 spiro atoms. The summed E-state index contributed by atoms with van der Waals surface area (Å²) in [7, 11) is 0. The van der Waals surface area contributed by atoms with Crippen LogP contribution < -0.4 is 21.9 Å². The van der Waals surface area contributed by atoms with E-state index in [0.717, 1.165) is 48.7 Å². The maximum atomic E-state index is 13.4. The van der Waals surface area contributed by atoms with Crippen molar-refractivity contribution in [2.24, 2.45) is 0 Å². The van der Waals surface area contributed by atoms with Crippen molar-refractivity contribution < 1.29 is 4.79 Å². The molecule has 0 atom stereocenters. The zero-order valence-electron chi connectivity index (χ0n) is 18.0. The highest BCUT2D eigenvalue weighted by molar-refractivity contribution is 7.19. The highest BCUT2D eigenvalue weighted by Crippen LogP contribution is 2.30. The van der Waals surface area contributed by atoms with Crippen molar-refractivity contribution in [3.63, 3.8) is 0 Å². The van der Waals surface area contributed by atoms with Gasteiger partial charge in [-0.05, 0) is 37.5 Å². The molecule has 2 aromatic heterocycles. The van der Waals surface area contributed by atoms with Crippen LogP contribution in [0.5, 0.6) is 0 Å². The first kappa shape index (κ1) is 22.0. The predicted octanol–water partition coefficient (Wildman–Crippen LogP) is 3.52. The van der Waals surface area contributed by atoms with Gasteiger partial charge in [-0.3, -0.25) is 24.0 Å². The summed E-state index contributed by atoms with van der Waals surface area (Å²) in [6, 6.07) is 7.64. The van der Waals surface area contributed by atoms with E-state index in [0.29, 0.717) is 11.6 Å². The summed E-state index contributed by atoms with van der Waals surface area (Å²) in [5, 5.41) is 0.709. The van der Waals surface area contributed by atoms with E-state index in [4.69, 9.17) is 5.73 Å². The number of rotatable bonds is 7. The van der Waals surface area contributed by atoms with Crippen molar-refractivity contribution >= 4 is 45.0 Å². The monoisotopic (exact) mass is 453 g/mol. The first-order chi connectivity index (χ1) is 15.5. The molecule has 2 heterocycles. The minimum Gasteiger partial charge on any atom is -0.383 e. The Bertz CT molecular complexity index is 1230. The van der Waals surface area contributed by atoms with Gasteiger partial charge in [0.25, 0.3) is 11.5 Å². The third-order valence-electron chi connectivity index (χ3n) is 5.80. The number of H-pyrrole nitrogens is 1. The van der Waals surface area contributed by atoms with Crippen LogP contribution in [0.25, 0.3) is 16.3 Å². The molecular weight excluding hydrogens is 426 g/mol. The lowest BCUT2D eigenvalue weighted by molar-refractivity contribution is -0.114. The number of anilines is 2. The molecule has 0 unspecified atom stereocenters. The second-order valence-electron chi connectivity index (χ2n) is 8.00. The first-order valence-electron chi connectivity index (χ1n) is 11.0. The van der Waals surface area contributed by atoms with Gasteiger partial charge >= 0.3 is 5.69 Å². The number of aromatic amines is 1. The topological polar surface area (TPSA) is 114 Å². The number of thiazole rings is 1. The number of nitrogen functional groups attached to an aromatic ring is 1. The number of hydrogen-bond donors (Lipinski definition) is 2. The van der Waals surface area contributed by atoms with Crippen LogP contribution in [0.3, 0.4) is 0 Å². The number of hydrogen-bond acceptors (Lipinski definition) is 6. The minimum atomic E-state index is -0.631. The Kier molecular flexibility index (Phi) is 6.55. The maximum absolute atomic E-state index is 13.4. The van der Waals surface area contributed by atoms with Crippen LogP contribution in [0.2, 0.25) is 0 Å². The molecule has 1 saturated carbocycles. The van der Waals surface area contributed by atoms with Gasteiger partial charge in [0.05, 0.1) is 10.2 Å². The van der Waals surface area contributed by atoms with Gasteiger partial charge in [0.15, 0.2) is 5.69 Å². The van der Waals surface area contributed by atoms with E-state index in [1.54, 1.807) is 6.08 Å². The van der Waals surface area contributed by atoms with Crippen LogP contribution in [0.15, 0.2) is 39.9 Å². The molecule has 1 fully saturated rings. The van der Waals surface area contributed by atoms with Gasteiger partial charge in [0.1, 0.15) is 10.8 Å². The summed E-state index contributed by atoms with van der Waals surface area (Å²) in [5.74, 6) is -0.296. The van der Waals surface area contributed by atoms with Gasteiger partial charge in [-0.1, -0.05) is 38.3 Å². The Hall–Kier alpha value is -3.20. The standard InChI is InChI=1S/C23H27N5O3S/c1-2-3-14-27-21(24)20(22(30)26-23(27)31)28(15-8-4-5-9-15)19(29)13-12-18-25-16-10-6-7-11-17(16)32-18/h6-7,10-13,15H,2-5,8-9,14,24H2,1H3,(H,26,30,31)/b13-12+. The summed E-state index contributed by atoms with van der Waals surface area (Å²) < 4.78 is 2.39. The van der Waals surface area contributed by atoms with Gasteiger partial charge in [-0.2, -0.15) is 0 Å². The highest BCUT2D eigenvalue weighted by Gasteiger charge is 2.31. The number of unbranched alkanes of at least 4 members (excludes halogenated alkanes) is 1. The lowest BCUT2D eigenvalue weighted by atomic mass is 10.2. The number of fused-ring (bicyclic) bond motifs is 1. The summed E-state index contributed by atoms with van der Waals surface area (Å²) in [5.41, 5.74) is 6.06. The number of aromatic nitrogens is 3. The zero-order valence-corrected chi connectivity index (χ0v) is 18.9. The predicted molar refractivity (Wildman–Crippen MR) is 129 cm³/mol. The van der Waals surface area contributed by atoms with Crippen molar-refractivity contribution in [2.45, 2.75) is 58.0 Å². The Balaban J connectivity index is 1.72. The molecule has 3 aromatic rings. The number of amides is 1. The molecule has 168 valence electrons. The number of nitrogens with two attached hydrogens (primary N) is 1. The summed E-state index contributed by atoms with van der Waals surface area (Å²) in [6.07, 6.45) is 8.25. The van der Waals surface area contributed by atoms with Gasteiger partial charge in [-0.25, -0.2) is 9.78 Å². The molecule has 0 radical (unpaired) electrons. The van der Waals surface area contributed by atoms with Crippen molar-refractivity contribution in [1.29, 1.82) is 0 Å². The molecule has 3 N–H and O–H groups in total. The molecule has 9 heteroatoms. The van der Waals surface area contributed by atoms with Crippen LogP contribution in [-0.2, 0) is 11.3 Å². The lowest BCUT2D eigenvalue weighted by Gasteiger charge is -2.29. The molecule has 1 aliphatic carbocycles. The second-order valence-corrected chi connectivity index (χ2v) is 9.06. The molecule has 1 aliphatic rings. The minimum absolute atomic E-state index is 0.0424. The SMILES string of the molecule is CCCCn1c(N)c(N(C(=O)/C=C/c2nc3ccccc3s2)C2CCCC2)c(=O)[nH]c1=O. The molecule has 4 rings (SSSR count). The Morgan fingerprint density at radius 1 is 1.31 bits per heavy atom. The molecule has 8 nitrogen and oxygen atoms in total. The summed E-state index contributed by atoms with van der Waals surface area (Å²) in [6.45, 7) is 2.40. The van der Waals surface area contributed by atoms with Gasteiger partial charge in [0, 0.05) is 18.7 Å². The Morgan fingerprint density at radius 2 is 2.06 bits per heavy atom. The second kappa shape index (κ2) is 9.52. The molecule has 1 amide bonds. The van der Waals surface area contributed by atoms with Crippen LogP contribution in [-0.4, -0.2) is 26.5 Å². The average Bonchev–Trinajstić information content (AvgIpc) is 3.44. The van der Waals surface area contributed by atoms with Crippen LogP contribution in [0.4, 0.5) is 11.5 Å². The Labute approximate surface area is 189 Å². The van der Waals surface area contributed by atoms with E-state index < -0.39 is 11.2 Å². The summed E-state index contributed by atoms with van der Waals surface area (Å²) in [4.78, 5) is 46.9. The normalized spacial score (nSPS) is 14.5. The van der Waals surface area contributed by atoms with Crippen molar-refractivity contribution in [3.05, 3.63) is 56.2 Å². The van der Waals surface area contributed by atoms with Gasteiger partial charge < -0.3 is 5.73 Å². The van der Waals surface area contributed by atoms with Crippen molar-refractivity contribution in [2.75, 3.05) is 10.6 Å². The molecule has 0 saturated heterocycles. The number of carbonyl (C=O) groups excluding carboxylic acids is 1. The average molecular weight is 454 g/mol. The number of carbonyl (C=O) groups is 1. The van der Waals surface area contributed by atoms with E-state index in [1.165, 1.54) is 26.9 Å². The van der Waals surface area contributed by atoms with E-state index in [-0.39, 0.29) is 23.5 Å². The third-order valence-corrected chi connectivity index (χ3v) is 6.80. The van der Waals surface area contributed by atoms with E-state index in [1.807, 2.05) is 31.2 Å². The van der Waals surface area contributed by atoms with Crippen LogP contribution in [0.1, 0.15) is 50.5 Å².